The largest absolute Gasteiger partial charge is 0.353 e. The average molecular weight is 448 g/mol. The lowest BCUT2D eigenvalue weighted by Gasteiger charge is -2.11. The quantitative estimate of drug-likeness (QED) is 0.418. The molecule has 1 aliphatic rings. The number of aliphatic imine (C=N–C) groups is 1. The van der Waals surface area contributed by atoms with Gasteiger partial charge < -0.3 is 10.6 Å². The Morgan fingerprint density at radius 1 is 1.36 bits per heavy atom. The molecule has 2 aromatic rings. The third kappa shape index (κ3) is 4.60. The van der Waals surface area contributed by atoms with Crippen LogP contribution in [0.25, 0.3) is 0 Å². The van der Waals surface area contributed by atoms with Crippen molar-refractivity contribution in [3.63, 3.8) is 0 Å². The molecule has 0 bridgehead atoms. The van der Waals surface area contributed by atoms with Crippen molar-refractivity contribution in [2.75, 3.05) is 7.05 Å². The van der Waals surface area contributed by atoms with Crippen LogP contribution in [0.3, 0.4) is 0 Å². The standard InChI is InChI=1S/C16H18ClN3S.HI/c1-18-16(19-10-13-6-3-7-21-13)20-15-9-14(15)11-4-2-5-12(17)8-11;/h2-8,14-15H,9-10H2,1H3,(H2,18,19,20);1H. The van der Waals surface area contributed by atoms with Gasteiger partial charge in [0.25, 0.3) is 0 Å². The normalized spacial score (nSPS) is 20.2. The van der Waals surface area contributed by atoms with E-state index in [-0.39, 0.29) is 24.0 Å². The summed E-state index contributed by atoms with van der Waals surface area (Å²) in [6, 6.07) is 12.7. The van der Waals surface area contributed by atoms with Gasteiger partial charge in [0.2, 0.25) is 0 Å². The van der Waals surface area contributed by atoms with Crippen molar-refractivity contribution in [1.29, 1.82) is 0 Å². The summed E-state index contributed by atoms with van der Waals surface area (Å²) < 4.78 is 0. The highest BCUT2D eigenvalue weighted by Crippen LogP contribution is 2.41. The Labute approximate surface area is 157 Å². The van der Waals surface area contributed by atoms with Gasteiger partial charge in [-0.05, 0) is 35.6 Å². The molecule has 0 aliphatic heterocycles. The molecule has 3 nitrogen and oxygen atoms in total. The second-order valence-electron chi connectivity index (χ2n) is 5.15. The zero-order valence-corrected chi connectivity index (χ0v) is 16.2. The zero-order valence-electron chi connectivity index (χ0n) is 12.3. The molecule has 0 radical (unpaired) electrons. The highest BCUT2D eigenvalue weighted by Gasteiger charge is 2.39. The lowest BCUT2D eigenvalue weighted by molar-refractivity contribution is 0.795. The number of halogens is 2. The molecule has 3 rings (SSSR count). The first-order valence-corrected chi connectivity index (χ1v) is 8.27. The molecule has 1 aromatic heterocycles. The van der Waals surface area contributed by atoms with Crippen molar-refractivity contribution < 1.29 is 0 Å². The third-order valence-electron chi connectivity index (χ3n) is 3.62. The summed E-state index contributed by atoms with van der Waals surface area (Å²) in [5.41, 5.74) is 1.30. The first-order chi connectivity index (χ1) is 10.3. The maximum atomic E-state index is 6.05. The molecule has 0 saturated heterocycles. The van der Waals surface area contributed by atoms with E-state index in [9.17, 15) is 0 Å². The molecule has 1 aliphatic carbocycles. The lowest BCUT2D eigenvalue weighted by atomic mass is 10.1. The maximum absolute atomic E-state index is 6.05. The molecule has 2 unspecified atom stereocenters. The Morgan fingerprint density at radius 3 is 2.91 bits per heavy atom. The molecule has 0 spiro atoms. The molecule has 118 valence electrons. The first kappa shape index (κ1) is 17.6. The lowest BCUT2D eigenvalue weighted by Crippen LogP contribution is -2.38. The van der Waals surface area contributed by atoms with Gasteiger partial charge in [0.15, 0.2) is 5.96 Å². The van der Waals surface area contributed by atoms with Gasteiger partial charge in [-0.2, -0.15) is 0 Å². The predicted octanol–water partition coefficient (Wildman–Crippen LogP) is 4.24. The van der Waals surface area contributed by atoms with Crippen LogP contribution >= 0.6 is 46.9 Å². The molecule has 1 fully saturated rings. The minimum Gasteiger partial charge on any atom is -0.353 e. The van der Waals surface area contributed by atoms with E-state index in [4.69, 9.17) is 11.6 Å². The van der Waals surface area contributed by atoms with Crippen LogP contribution in [0.4, 0.5) is 0 Å². The second-order valence-corrected chi connectivity index (χ2v) is 6.62. The monoisotopic (exact) mass is 447 g/mol. The summed E-state index contributed by atoms with van der Waals surface area (Å²) in [7, 11) is 1.81. The predicted molar refractivity (Wildman–Crippen MR) is 106 cm³/mol. The van der Waals surface area contributed by atoms with Crippen LogP contribution in [0.5, 0.6) is 0 Å². The van der Waals surface area contributed by atoms with Crippen LogP contribution in [0.2, 0.25) is 5.02 Å². The van der Waals surface area contributed by atoms with E-state index in [0.717, 1.165) is 23.9 Å². The molecule has 1 heterocycles. The van der Waals surface area contributed by atoms with Crippen molar-refractivity contribution in [3.8, 4) is 0 Å². The van der Waals surface area contributed by atoms with Crippen molar-refractivity contribution >= 4 is 52.9 Å². The summed E-state index contributed by atoms with van der Waals surface area (Å²) in [6.07, 6.45) is 1.13. The number of hydrogen-bond acceptors (Lipinski definition) is 2. The molecule has 22 heavy (non-hydrogen) atoms. The number of rotatable bonds is 4. The van der Waals surface area contributed by atoms with Crippen LogP contribution in [0.1, 0.15) is 22.8 Å². The van der Waals surface area contributed by atoms with E-state index in [2.05, 4.69) is 45.3 Å². The van der Waals surface area contributed by atoms with E-state index < -0.39 is 0 Å². The van der Waals surface area contributed by atoms with Gasteiger partial charge in [-0.25, -0.2) is 0 Å². The smallest absolute Gasteiger partial charge is 0.191 e. The number of hydrogen-bond donors (Lipinski definition) is 2. The molecule has 6 heteroatoms. The van der Waals surface area contributed by atoms with Crippen LogP contribution in [-0.2, 0) is 6.54 Å². The fourth-order valence-electron chi connectivity index (χ4n) is 2.41. The zero-order chi connectivity index (χ0) is 14.7. The first-order valence-electron chi connectivity index (χ1n) is 7.01. The van der Waals surface area contributed by atoms with E-state index in [1.807, 2.05) is 12.1 Å². The van der Waals surface area contributed by atoms with Crippen molar-refractivity contribution in [3.05, 3.63) is 57.2 Å². The van der Waals surface area contributed by atoms with Crippen molar-refractivity contribution in [2.24, 2.45) is 4.99 Å². The summed E-state index contributed by atoms with van der Waals surface area (Å²) in [4.78, 5) is 5.59. The van der Waals surface area contributed by atoms with E-state index >= 15 is 0 Å². The second kappa shape index (κ2) is 8.17. The van der Waals surface area contributed by atoms with Gasteiger partial charge in [0, 0.05) is 28.9 Å². The molecule has 0 amide bonds. The topological polar surface area (TPSA) is 36.4 Å². The minimum absolute atomic E-state index is 0. The van der Waals surface area contributed by atoms with E-state index in [1.165, 1.54) is 10.4 Å². The summed E-state index contributed by atoms with van der Waals surface area (Å²) in [5.74, 6) is 1.39. The summed E-state index contributed by atoms with van der Waals surface area (Å²) in [5, 5.41) is 9.71. The minimum atomic E-state index is 0. The molecule has 1 saturated carbocycles. The molecule has 2 N–H and O–H groups in total. The van der Waals surface area contributed by atoms with Crippen LogP contribution in [-0.4, -0.2) is 19.0 Å². The van der Waals surface area contributed by atoms with Gasteiger partial charge in [-0.1, -0.05) is 29.8 Å². The number of nitrogens with zero attached hydrogens (tertiary/aromatic N) is 1. The number of thiophene rings is 1. The number of benzene rings is 1. The maximum Gasteiger partial charge on any atom is 0.191 e. The van der Waals surface area contributed by atoms with Gasteiger partial charge in [0.1, 0.15) is 0 Å². The summed E-state index contributed by atoms with van der Waals surface area (Å²) >= 11 is 7.80. The Kier molecular flexibility index (Phi) is 6.52. The number of nitrogens with one attached hydrogen (secondary N) is 2. The summed E-state index contributed by atoms with van der Waals surface area (Å²) in [6.45, 7) is 0.811. The van der Waals surface area contributed by atoms with Gasteiger partial charge in [0.05, 0.1) is 6.54 Å². The Hall–Kier alpha value is -0.790. The van der Waals surface area contributed by atoms with Crippen molar-refractivity contribution in [1.82, 2.24) is 10.6 Å². The van der Waals surface area contributed by atoms with Crippen LogP contribution in [0.15, 0.2) is 46.8 Å². The van der Waals surface area contributed by atoms with Crippen LogP contribution < -0.4 is 10.6 Å². The Morgan fingerprint density at radius 2 is 2.23 bits per heavy atom. The Balaban J connectivity index is 0.00000176. The average Bonchev–Trinajstić information content (AvgIpc) is 3.06. The highest BCUT2D eigenvalue weighted by atomic mass is 127. The fraction of sp³-hybridized carbons (Fsp3) is 0.312. The SMILES string of the molecule is CN=C(NCc1cccs1)NC1CC1c1cccc(Cl)c1.I. The van der Waals surface area contributed by atoms with Crippen LogP contribution in [0, 0.1) is 0 Å². The molecule has 2 atom stereocenters. The van der Waals surface area contributed by atoms with Crippen molar-refractivity contribution in [2.45, 2.75) is 24.9 Å². The van der Waals surface area contributed by atoms with Gasteiger partial charge in [-0.15, -0.1) is 35.3 Å². The molecule has 1 aromatic carbocycles. The molecular weight excluding hydrogens is 429 g/mol. The number of guanidine groups is 1. The Bertz CT molecular complexity index is 630. The highest BCUT2D eigenvalue weighted by molar-refractivity contribution is 14.0. The van der Waals surface area contributed by atoms with Gasteiger partial charge in [-0.3, -0.25) is 4.99 Å². The van der Waals surface area contributed by atoms with Gasteiger partial charge >= 0.3 is 0 Å². The molecular formula is C16H19ClIN3S. The van der Waals surface area contributed by atoms with E-state index in [1.54, 1.807) is 18.4 Å². The third-order valence-corrected chi connectivity index (χ3v) is 4.73. The fourth-order valence-corrected chi connectivity index (χ4v) is 3.26. The van der Waals surface area contributed by atoms with E-state index in [0.29, 0.717) is 12.0 Å².